The first kappa shape index (κ1) is 16.0. The molecule has 0 fully saturated rings. The zero-order valence-electron chi connectivity index (χ0n) is 14.4. The Bertz CT molecular complexity index is 1330. The standard InChI is InChI=1S/C24H14N2Se/c1-25-21-12-6-10-19-18-9-5-11-20(23(18)27-24(19)21)22-15-17(13-14-26-22)16-7-3-2-4-8-16/h2-15H. The molecular formula is C24H14N2Se. The van der Waals surface area contributed by atoms with Crippen molar-refractivity contribution in [1.29, 1.82) is 0 Å². The Labute approximate surface area is 163 Å². The normalized spacial score (nSPS) is 10.9. The predicted octanol–water partition coefficient (Wildman–Crippen LogP) is 6.33. The van der Waals surface area contributed by atoms with Crippen LogP contribution >= 0.6 is 0 Å². The first-order chi connectivity index (χ1) is 13.3. The van der Waals surface area contributed by atoms with E-state index < -0.39 is 0 Å². The molecule has 0 saturated heterocycles. The summed E-state index contributed by atoms with van der Waals surface area (Å²) in [5.74, 6) is 0. The molecule has 3 heteroatoms. The molecular weight excluding hydrogens is 395 g/mol. The summed E-state index contributed by atoms with van der Waals surface area (Å²) in [6.45, 7) is 7.48. The van der Waals surface area contributed by atoms with E-state index in [4.69, 9.17) is 6.57 Å². The van der Waals surface area contributed by atoms with Gasteiger partial charge in [0.05, 0.1) is 0 Å². The summed E-state index contributed by atoms with van der Waals surface area (Å²) in [5, 5.41) is 2.46. The van der Waals surface area contributed by atoms with Gasteiger partial charge in [-0.1, -0.05) is 0 Å². The first-order valence-electron chi connectivity index (χ1n) is 8.69. The first-order valence-corrected chi connectivity index (χ1v) is 10.4. The number of pyridine rings is 1. The average Bonchev–Trinajstić information content (AvgIpc) is 3.13. The SMILES string of the molecule is [C-]#[N+]c1cccc2c1[se]c1c(-c3cc(-c4ccccc4)ccn3)cccc12. The molecule has 5 rings (SSSR count). The molecule has 0 aliphatic carbocycles. The summed E-state index contributed by atoms with van der Waals surface area (Å²) in [6, 6.07) is 27.1. The number of hydrogen-bond acceptors (Lipinski definition) is 1. The minimum atomic E-state index is 0.118. The van der Waals surface area contributed by atoms with Crippen molar-refractivity contribution >= 4 is 39.5 Å². The van der Waals surface area contributed by atoms with Gasteiger partial charge in [-0.05, 0) is 0 Å². The average molecular weight is 409 g/mol. The Balaban J connectivity index is 1.76. The number of aromatic nitrogens is 1. The second-order valence-corrected chi connectivity index (χ2v) is 8.49. The van der Waals surface area contributed by atoms with Crippen molar-refractivity contribution in [1.82, 2.24) is 4.98 Å². The second-order valence-electron chi connectivity index (χ2n) is 6.35. The van der Waals surface area contributed by atoms with E-state index >= 15 is 0 Å². The van der Waals surface area contributed by atoms with Gasteiger partial charge < -0.3 is 0 Å². The molecule has 0 radical (unpaired) electrons. The van der Waals surface area contributed by atoms with Crippen LogP contribution in [0.1, 0.15) is 0 Å². The van der Waals surface area contributed by atoms with Crippen molar-refractivity contribution in [3.05, 3.63) is 96.5 Å². The molecule has 126 valence electrons. The summed E-state index contributed by atoms with van der Waals surface area (Å²) >= 11 is 0.118. The monoisotopic (exact) mass is 410 g/mol. The summed E-state index contributed by atoms with van der Waals surface area (Å²) in [4.78, 5) is 8.40. The third-order valence-corrected chi connectivity index (χ3v) is 7.45. The third kappa shape index (κ3) is 2.67. The quantitative estimate of drug-likeness (QED) is 0.246. The van der Waals surface area contributed by atoms with Crippen molar-refractivity contribution in [3.63, 3.8) is 0 Å². The topological polar surface area (TPSA) is 17.2 Å². The Hall–Kier alpha value is -3.18. The summed E-state index contributed by atoms with van der Waals surface area (Å²) < 4.78 is 2.52. The molecule has 0 N–H and O–H groups in total. The van der Waals surface area contributed by atoms with Crippen molar-refractivity contribution in [3.8, 4) is 22.4 Å². The van der Waals surface area contributed by atoms with Crippen LogP contribution in [0.2, 0.25) is 0 Å². The molecule has 0 bridgehead atoms. The number of fused-ring (bicyclic) bond motifs is 3. The van der Waals surface area contributed by atoms with Gasteiger partial charge in [0, 0.05) is 0 Å². The van der Waals surface area contributed by atoms with Crippen LogP contribution in [0.15, 0.2) is 85.1 Å². The number of hydrogen-bond donors (Lipinski definition) is 0. The molecule has 0 aliphatic rings. The van der Waals surface area contributed by atoms with Gasteiger partial charge >= 0.3 is 163 Å². The summed E-state index contributed by atoms with van der Waals surface area (Å²) in [7, 11) is 0. The van der Waals surface area contributed by atoms with E-state index in [0.29, 0.717) is 0 Å². The minimum absolute atomic E-state index is 0.118. The van der Waals surface area contributed by atoms with Gasteiger partial charge in [-0.2, -0.15) is 0 Å². The Kier molecular flexibility index (Phi) is 3.87. The zero-order chi connectivity index (χ0) is 18.2. The molecule has 2 nitrogen and oxygen atoms in total. The maximum atomic E-state index is 7.48. The second kappa shape index (κ2) is 6.52. The molecule has 5 aromatic rings. The van der Waals surface area contributed by atoms with E-state index in [0.717, 1.165) is 11.4 Å². The predicted molar refractivity (Wildman–Crippen MR) is 113 cm³/mol. The third-order valence-electron chi connectivity index (χ3n) is 4.77. The molecule has 3 aromatic carbocycles. The number of benzene rings is 3. The van der Waals surface area contributed by atoms with Crippen LogP contribution < -0.4 is 0 Å². The van der Waals surface area contributed by atoms with E-state index in [9.17, 15) is 0 Å². The van der Waals surface area contributed by atoms with Crippen LogP contribution in [-0.4, -0.2) is 19.5 Å². The Morgan fingerprint density at radius 3 is 2.33 bits per heavy atom. The molecule has 27 heavy (non-hydrogen) atoms. The number of nitrogens with zero attached hydrogens (tertiary/aromatic N) is 2. The fourth-order valence-corrected chi connectivity index (χ4v) is 6.17. The van der Waals surface area contributed by atoms with Gasteiger partial charge in [-0.15, -0.1) is 0 Å². The van der Waals surface area contributed by atoms with Gasteiger partial charge in [0.15, 0.2) is 0 Å². The maximum absolute atomic E-state index is 7.48. The van der Waals surface area contributed by atoms with E-state index in [1.807, 2.05) is 24.4 Å². The van der Waals surface area contributed by atoms with Gasteiger partial charge in [-0.3, -0.25) is 0 Å². The number of rotatable bonds is 2. The van der Waals surface area contributed by atoms with Crippen molar-refractivity contribution in [2.75, 3.05) is 0 Å². The molecule has 0 atom stereocenters. The van der Waals surface area contributed by atoms with Gasteiger partial charge in [0.25, 0.3) is 0 Å². The van der Waals surface area contributed by atoms with E-state index in [1.165, 1.54) is 36.0 Å². The molecule has 0 unspecified atom stereocenters. The van der Waals surface area contributed by atoms with Gasteiger partial charge in [-0.25, -0.2) is 0 Å². The van der Waals surface area contributed by atoms with Crippen LogP contribution in [0, 0.1) is 6.57 Å². The van der Waals surface area contributed by atoms with E-state index in [2.05, 4.69) is 70.5 Å². The summed E-state index contributed by atoms with van der Waals surface area (Å²) in [6.07, 6.45) is 1.89. The molecule has 2 aromatic heterocycles. The Morgan fingerprint density at radius 2 is 1.52 bits per heavy atom. The van der Waals surface area contributed by atoms with Gasteiger partial charge in [0.2, 0.25) is 0 Å². The molecule has 0 amide bonds. The molecule has 0 spiro atoms. The van der Waals surface area contributed by atoms with Crippen LogP contribution in [0.5, 0.6) is 0 Å². The van der Waals surface area contributed by atoms with Crippen molar-refractivity contribution < 1.29 is 0 Å². The van der Waals surface area contributed by atoms with Crippen LogP contribution in [-0.2, 0) is 0 Å². The van der Waals surface area contributed by atoms with Gasteiger partial charge in [0.1, 0.15) is 0 Å². The Morgan fingerprint density at radius 1 is 0.741 bits per heavy atom. The van der Waals surface area contributed by atoms with Crippen molar-refractivity contribution in [2.24, 2.45) is 0 Å². The van der Waals surface area contributed by atoms with E-state index in [1.54, 1.807) is 0 Å². The summed E-state index contributed by atoms with van der Waals surface area (Å²) in [5.41, 5.74) is 5.31. The zero-order valence-corrected chi connectivity index (χ0v) is 16.1. The fourth-order valence-electron chi connectivity index (χ4n) is 3.48. The molecule has 0 saturated carbocycles. The van der Waals surface area contributed by atoms with Crippen LogP contribution in [0.4, 0.5) is 5.69 Å². The van der Waals surface area contributed by atoms with Crippen LogP contribution in [0.3, 0.4) is 0 Å². The van der Waals surface area contributed by atoms with Crippen molar-refractivity contribution in [2.45, 2.75) is 0 Å². The molecule has 0 aliphatic heterocycles. The van der Waals surface area contributed by atoms with Crippen LogP contribution in [0.25, 0.3) is 46.5 Å². The van der Waals surface area contributed by atoms with E-state index in [-0.39, 0.29) is 14.5 Å². The fraction of sp³-hybridized carbons (Fsp3) is 0. The molecule has 2 heterocycles.